The van der Waals surface area contributed by atoms with Crippen LogP contribution in [-0.2, 0) is 9.59 Å². The van der Waals surface area contributed by atoms with Crippen molar-refractivity contribution < 1.29 is 23.9 Å². The molecular formula is C19H13N2O5S-. The quantitative estimate of drug-likeness (QED) is 0.360. The highest BCUT2D eigenvalue weighted by molar-refractivity contribution is 7.80. The highest BCUT2D eigenvalue weighted by Gasteiger charge is 2.32. The van der Waals surface area contributed by atoms with E-state index in [1.165, 1.54) is 29.2 Å². The summed E-state index contributed by atoms with van der Waals surface area (Å²) in [6, 6.07) is 9.28. The molecule has 2 amide bonds. The molecule has 2 heterocycles. The molecule has 1 aliphatic heterocycles. The van der Waals surface area contributed by atoms with E-state index in [0.717, 1.165) is 0 Å². The van der Waals surface area contributed by atoms with E-state index in [2.05, 4.69) is 11.9 Å². The van der Waals surface area contributed by atoms with Gasteiger partial charge in [-0.15, -0.1) is 6.58 Å². The Hall–Kier alpha value is -3.52. The predicted octanol–water partition coefficient (Wildman–Crippen LogP) is 1.12. The monoisotopic (exact) mass is 381 g/mol. The van der Waals surface area contributed by atoms with Gasteiger partial charge in [0.25, 0.3) is 11.8 Å². The largest absolute Gasteiger partial charge is 0.545 e. The molecule has 2 aromatic rings. The van der Waals surface area contributed by atoms with E-state index >= 15 is 0 Å². The minimum Gasteiger partial charge on any atom is -0.545 e. The number of carbonyl (C=O) groups excluding carboxylic acids is 3. The Labute approximate surface area is 159 Å². The van der Waals surface area contributed by atoms with Gasteiger partial charge < -0.3 is 14.3 Å². The van der Waals surface area contributed by atoms with Crippen molar-refractivity contribution in [1.82, 2.24) is 10.2 Å². The molecule has 0 unspecified atom stereocenters. The summed E-state index contributed by atoms with van der Waals surface area (Å²) in [5, 5.41) is 13.7. The van der Waals surface area contributed by atoms with Crippen LogP contribution in [0.15, 0.2) is 59.0 Å². The lowest BCUT2D eigenvalue weighted by molar-refractivity contribution is -0.255. The van der Waals surface area contributed by atoms with Gasteiger partial charge in [-0.05, 0) is 30.4 Å². The van der Waals surface area contributed by atoms with E-state index in [4.69, 9.17) is 16.6 Å². The summed E-state index contributed by atoms with van der Waals surface area (Å²) >= 11 is 4.98. The maximum atomic E-state index is 12.5. The summed E-state index contributed by atoms with van der Waals surface area (Å²) in [6.45, 7) is 3.70. The van der Waals surface area contributed by atoms with Crippen LogP contribution in [0, 0.1) is 0 Å². The fraction of sp³-hybridized carbons (Fsp3) is 0.0526. The van der Waals surface area contributed by atoms with Gasteiger partial charge in [0, 0.05) is 17.7 Å². The molecule has 0 aliphatic carbocycles. The van der Waals surface area contributed by atoms with Crippen LogP contribution in [0.1, 0.15) is 16.1 Å². The molecule has 1 N–H and O–H groups in total. The molecule has 3 rings (SSSR count). The maximum Gasteiger partial charge on any atom is 0.266 e. The van der Waals surface area contributed by atoms with Crippen molar-refractivity contribution in [2.45, 2.75) is 0 Å². The summed E-state index contributed by atoms with van der Waals surface area (Å²) in [5.74, 6) is -2.07. The number of rotatable bonds is 5. The Kier molecular flexibility index (Phi) is 5.00. The summed E-state index contributed by atoms with van der Waals surface area (Å²) < 4.78 is 5.61. The van der Waals surface area contributed by atoms with Crippen molar-refractivity contribution >= 4 is 41.2 Å². The number of thiocarbonyl (C=S) groups is 1. The SMILES string of the molecule is C=CCN1C(=O)/C(=C\c2ccc(-c3ccccc3C(=O)[O-])o2)C(=O)NC1=S. The Morgan fingerprint density at radius 1 is 1.26 bits per heavy atom. The number of hydrogen-bond donors (Lipinski definition) is 1. The van der Waals surface area contributed by atoms with Gasteiger partial charge in [0.05, 0.1) is 5.97 Å². The van der Waals surface area contributed by atoms with Crippen LogP contribution in [-0.4, -0.2) is 34.3 Å². The zero-order valence-corrected chi connectivity index (χ0v) is 14.7. The normalized spacial score (nSPS) is 15.8. The van der Waals surface area contributed by atoms with Crippen LogP contribution in [0.3, 0.4) is 0 Å². The fourth-order valence-corrected chi connectivity index (χ4v) is 2.83. The number of benzene rings is 1. The zero-order valence-electron chi connectivity index (χ0n) is 13.9. The fourth-order valence-electron chi connectivity index (χ4n) is 2.58. The number of carboxylic acids is 1. The van der Waals surface area contributed by atoms with Gasteiger partial charge in [-0.3, -0.25) is 19.8 Å². The number of aromatic carboxylic acids is 1. The van der Waals surface area contributed by atoms with Crippen molar-refractivity contribution in [3.05, 3.63) is 65.9 Å². The van der Waals surface area contributed by atoms with Gasteiger partial charge in [0.15, 0.2) is 5.11 Å². The number of carbonyl (C=O) groups is 3. The van der Waals surface area contributed by atoms with Gasteiger partial charge in [-0.1, -0.05) is 30.3 Å². The molecule has 27 heavy (non-hydrogen) atoms. The maximum absolute atomic E-state index is 12.5. The second-order valence-corrected chi connectivity index (χ2v) is 5.94. The average molecular weight is 381 g/mol. The molecule has 0 spiro atoms. The van der Waals surface area contributed by atoms with Gasteiger partial charge in [0.2, 0.25) is 0 Å². The molecule has 8 heteroatoms. The second kappa shape index (κ2) is 7.38. The smallest absolute Gasteiger partial charge is 0.266 e. The Morgan fingerprint density at radius 3 is 2.70 bits per heavy atom. The Balaban J connectivity index is 1.96. The van der Waals surface area contributed by atoms with Crippen LogP contribution in [0.25, 0.3) is 17.4 Å². The van der Waals surface area contributed by atoms with E-state index in [9.17, 15) is 19.5 Å². The molecule has 0 atom stereocenters. The first-order valence-electron chi connectivity index (χ1n) is 7.82. The number of amides is 2. The summed E-state index contributed by atoms with van der Waals surface area (Å²) in [6.07, 6.45) is 2.77. The number of nitrogens with zero attached hydrogens (tertiary/aromatic N) is 1. The lowest BCUT2D eigenvalue weighted by atomic mass is 10.1. The molecule has 1 aromatic heterocycles. The minimum absolute atomic E-state index is 0.00469. The number of nitrogens with one attached hydrogen (secondary N) is 1. The summed E-state index contributed by atoms with van der Waals surface area (Å²) in [5.41, 5.74) is 0.149. The lowest BCUT2D eigenvalue weighted by Gasteiger charge is -2.27. The first-order valence-corrected chi connectivity index (χ1v) is 8.23. The van der Waals surface area contributed by atoms with Gasteiger partial charge in [-0.2, -0.15) is 0 Å². The predicted molar refractivity (Wildman–Crippen MR) is 99.1 cm³/mol. The molecular weight excluding hydrogens is 368 g/mol. The standard InChI is InChI=1S/C19H14N2O5S/c1-2-9-21-17(23)14(16(22)20-19(21)27)10-11-7-8-15(26-11)12-5-3-4-6-13(12)18(24)25/h2-8,10H,1,9H2,(H,24,25)(H,20,22,27)/p-1/b14-10-. The Bertz CT molecular complexity index is 1010. The third-order valence-corrected chi connectivity index (χ3v) is 4.15. The number of furan rings is 1. The highest BCUT2D eigenvalue weighted by Crippen LogP contribution is 2.27. The van der Waals surface area contributed by atoms with Gasteiger partial charge >= 0.3 is 0 Å². The molecule has 0 bridgehead atoms. The van der Waals surface area contributed by atoms with Crippen molar-refractivity contribution in [1.29, 1.82) is 0 Å². The third kappa shape index (κ3) is 3.56. The summed E-state index contributed by atoms with van der Waals surface area (Å²) in [7, 11) is 0. The molecule has 1 aliphatic rings. The van der Waals surface area contributed by atoms with E-state index in [1.807, 2.05) is 0 Å². The third-order valence-electron chi connectivity index (χ3n) is 3.82. The van der Waals surface area contributed by atoms with E-state index in [0.29, 0.717) is 5.56 Å². The van der Waals surface area contributed by atoms with Crippen LogP contribution in [0.4, 0.5) is 0 Å². The van der Waals surface area contributed by atoms with Crippen molar-refractivity contribution in [3.8, 4) is 11.3 Å². The van der Waals surface area contributed by atoms with Gasteiger partial charge in [0.1, 0.15) is 17.1 Å². The van der Waals surface area contributed by atoms with Crippen LogP contribution >= 0.6 is 12.2 Å². The van der Waals surface area contributed by atoms with Gasteiger partial charge in [-0.25, -0.2) is 0 Å². The van der Waals surface area contributed by atoms with Crippen molar-refractivity contribution in [2.75, 3.05) is 6.54 Å². The molecule has 0 radical (unpaired) electrons. The lowest BCUT2D eigenvalue weighted by Crippen LogP contribution is -2.53. The topological polar surface area (TPSA) is 103 Å². The number of hydrogen-bond acceptors (Lipinski definition) is 6. The summed E-state index contributed by atoms with van der Waals surface area (Å²) in [4.78, 5) is 37.1. The number of carboxylic acid groups (broad SMARTS) is 1. The second-order valence-electron chi connectivity index (χ2n) is 5.56. The molecule has 136 valence electrons. The molecule has 0 saturated carbocycles. The van der Waals surface area contributed by atoms with Crippen molar-refractivity contribution in [2.24, 2.45) is 0 Å². The van der Waals surface area contributed by atoms with Crippen LogP contribution in [0.5, 0.6) is 0 Å². The van der Waals surface area contributed by atoms with E-state index in [1.54, 1.807) is 24.3 Å². The van der Waals surface area contributed by atoms with Crippen LogP contribution < -0.4 is 10.4 Å². The molecule has 1 fully saturated rings. The first kappa shape index (κ1) is 18.3. The molecule has 1 saturated heterocycles. The average Bonchev–Trinajstić information content (AvgIpc) is 3.10. The Morgan fingerprint density at radius 2 is 2.00 bits per heavy atom. The minimum atomic E-state index is -1.34. The van der Waals surface area contributed by atoms with Crippen LogP contribution in [0.2, 0.25) is 0 Å². The first-order chi connectivity index (χ1) is 12.9. The van der Waals surface area contributed by atoms with E-state index in [-0.39, 0.29) is 34.3 Å². The molecule has 1 aromatic carbocycles. The van der Waals surface area contributed by atoms with Crippen molar-refractivity contribution in [3.63, 3.8) is 0 Å². The zero-order chi connectivity index (χ0) is 19.6. The highest BCUT2D eigenvalue weighted by atomic mass is 32.1. The van der Waals surface area contributed by atoms with E-state index < -0.39 is 17.8 Å². The molecule has 7 nitrogen and oxygen atoms in total.